The van der Waals surface area contributed by atoms with E-state index in [0.717, 1.165) is 17.8 Å². The van der Waals surface area contributed by atoms with Crippen LogP contribution in [0.15, 0.2) is 34.7 Å². The lowest BCUT2D eigenvalue weighted by molar-refractivity contribution is -0.138. The normalized spacial score (nSPS) is 15.9. The van der Waals surface area contributed by atoms with Gasteiger partial charge in [-0.15, -0.1) is 11.3 Å². The molecule has 1 aliphatic rings. The predicted molar refractivity (Wildman–Crippen MR) is 90.7 cm³/mol. The highest BCUT2D eigenvalue weighted by Gasteiger charge is 2.29. The highest BCUT2D eigenvalue weighted by atomic mass is 32.2. The monoisotopic (exact) mass is 367 g/mol. The van der Waals surface area contributed by atoms with E-state index in [1.54, 1.807) is 24.3 Å². The maximum absolute atomic E-state index is 12.4. The number of nitrogens with zero attached hydrogens (tertiary/aromatic N) is 1. The maximum atomic E-state index is 12.4. The molecule has 24 heavy (non-hydrogen) atoms. The first-order valence-corrected chi connectivity index (χ1v) is 9.71. The summed E-state index contributed by atoms with van der Waals surface area (Å²) in [5.74, 6) is -0.696. The number of thiazole rings is 1. The predicted octanol–water partition coefficient (Wildman–Crippen LogP) is 1.78. The second-order valence-electron chi connectivity index (χ2n) is 5.75. The minimum absolute atomic E-state index is 0.122. The molecule has 7 nitrogen and oxygen atoms in total. The van der Waals surface area contributed by atoms with E-state index < -0.39 is 22.0 Å². The summed E-state index contributed by atoms with van der Waals surface area (Å²) in [6.07, 6.45) is 3.63. The number of aromatic nitrogens is 1. The molecule has 2 aromatic rings. The largest absolute Gasteiger partial charge is 0.480 e. The van der Waals surface area contributed by atoms with Crippen LogP contribution in [0.1, 0.15) is 29.3 Å². The van der Waals surface area contributed by atoms with Gasteiger partial charge in [0, 0.05) is 11.6 Å². The van der Waals surface area contributed by atoms with Crippen LogP contribution in [0, 0.1) is 0 Å². The maximum Gasteiger partial charge on any atom is 0.320 e. The van der Waals surface area contributed by atoms with Gasteiger partial charge in [0.2, 0.25) is 0 Å². The van der Waals surface area contributed by atoms with E-state index in [-0.39, 0.29) is 10.6 Å². The minimum Gasteiger partial charge on any atom is -0.480 e. The third kappa shape index (κ3) is 3.92. The Balaban J connectivity index is 1.75. The number of carboxylic acids is 1. The van der Waals surface area contributed by atoms with Gasteiger partial charge in [-0.05, 0) is 37.0 Å². The summed E-state index contributed by atoms with van der Waals surface area (Å²) in [4.78, 5) is 15.0. The Labute approximate surface area is 143 Å². The number of nitrogens with one attached hydrogen (secondary N) is 1. The van der Waals surface area contributed by atoms with Crippen molar-refractivity contribution in [2.75, 3.05) is 4.72 Å². The minimum atomic E-state index is -3.70. The van der Waals surface area contributed by atoms with Crippen molar-refractivity contribution in [1.29, 1.82) is 0 Å². The number of hydrogen-bond donors (Lipinski definition) is 3. The van der Waals surface area contributed by atoms with E-state index >= 15 is 0 Å². The summed E-state index contributed by atoms with van der Waals surface area (Å²) >= 11 is 1.19. The molecule has 1 aromatic heterocycles. The van der Waals surface area contributed by atoms with Crippen LogP contribution in [0.25, 0.3) is 0 Å². The molecule has 0 aliphatic heterocycles. The highest BCUT2D eigenvalue weighted by molar-refractivity contribution is 7.94. The molecule has 1 atom stereocenters. The Hall–Kier alpha value is -1.97. The Morgan fingerprint density at radius 2 is 2.21 bits per heavy atom. The smallest absolute Gasteiger partial charge is 0.320 e. The zero-order chi connectivity index (χ0) is 17.3. The van der Waals surface area contributed by atoms with Crippen molar-refractivity contribution in [3.63, 3.8) is 0 Å². The van der Waals surface area contributed by atoms with E-state index in [9.17, 15) is 13.2 Å². The van der Waals surface area contributed by atoms with Crippen molar-refractivity contribution < 1.29 is 18.3 Å². The topological polar surface area (TPSA) is 122 Å². The fourth-order valence-electron chi connectivity index (χ4n) is 2.22. The summed E-state index contributed by atoms with van der Waals surface area (Å²) in [7, 11) is -3.70. The molecular formula is C15H17N3O4S2. The molecule has 0 unspecified atom stereocenters. The van der Waals surface area contributed by atoms with Crippen LogP contribution in [0.3, 0.4) is 0 Å². The first-order valence-electron chi connectivity index (χ1n) is 7.41. The van der Waals surface area contributed by atoms with E-state index in [0.29, 0.717) is 17.2 Å². The first-order chi connectivity index (χ1) is 11.3. The molecule has 1 aromatic carbocycles. The van der Waals surface area contributed by atoms with Crippen molar-refractivity contribution in [1.82, 2.24) is 4.98 Å². The summed E-state index contributed by atoms with van der Waals surface area (Å²) < 4.78 is 27.6. The lowest BCUT2D eigenvalue weighted by atomic mass is 10.1. The van der Waals surface area contributed by atoms with Crippen molar-refractivity contribution in [2.45, 2.75) is 35.4 Å². The zero-order valence-electron chi connectivity index (χ0n) is 12.7. The Morgan fingerprint density at radius 1 is 1.46 bits per heavy atom. The number of anilines is 1. The third-order valence-electron chi connectivity index (χ3n) is 3.65. The molecule has 4 N–H and O–H groups in total. The average Bonchev–Trinajstić information content (AvgIpc) is 3.23. The van der Waals surface area contributed by atoms with Gasteiger partial charge in [-0.3, -0.25) is 9.52 Å². The van der Waals surface area contributed by atoms with Crippen LogP contribution in [0.5, 0.6) is 0 Å². The van der Waals surface area contributed by atoms with Gasteiger partial charge < -0.3 is 10.8 Å². The summed E-state index contributed by atoms with van der Waals surface area (Å²) in [5, 5.41) is 9.72. The number of sulfonamides is 1. The molecule has 0 saturated heterocycles. The van der Waals surface area contributed by atoms with Gasteiger partial charge in [-0.1, -0.05) is 12.1 Å². The number of aliphatic carboxylic acids is 1. The SMILES string of the molecule is N[C@@H](Cc1cccc(NS(=O)(=O)c2cnc(C3CC3)s2)c1)C(=O)O. The molecule has 0 radical (unpaired) electrons. The van der Waals surface area contributed by atoms with E-state index in [4.69, 9.17) is 10.8 Å². The van der Waals surface area contributed by atoms with Crippen molar-refractivity contribution in [3.8, 4) is 0 Å². The zero-order valence-corrected chi connectivity index (χ0v) is 14.3. The number of carboxylic acid groups (broad SMARTS) is 1. The molecule has 1 heterocycles. The van der Waals surface area contributed by atoms with Gasteiger partial charge in [0.15, 0.2) is 4.21 Å². The second-order valence-corrected chi connectivity index (χ2v) is 8.72. The van der Waals surface area contributed by atoms with Crippen molar-refractivity contribution in [3.05, 3.63) is 41.0 Å². The van der Waals surface area contributed by atoms with Crippen LogP contribution in [-0.2, 0) is 21.2 Å². The number of nitrogens with two attached hydrogens (primary N) is 1. The van der Waals surface area contributed by atoms with Gasteiger partial charge in [0.25, 0.3) is 10.0 Å². The number of hydrogen-bond acceptors (Lipinski definition) is 6. The van der Waals surface area contributed by atoms with Crippen LogP contribution in [0.2, 0.25) is 0 Å². The van der Waals surface area contributed by atoms with Gasteiger partial charge in [-0.2, -0.15) is 0 Å². The molecule has 1 aliphatic carbocycles. The molecular weight excluding hydrogens is 350 g/mol. The molecule has 1 saturated carbocycles. The van der Waals surface area contributed by atoms with Gasteiger partial charge in [0.1, 0.15) is 6.04 Å². The Morgan fingerprint density at radius 3 is 2.88 bits per heavy atom. The molecule has 0 amide bonds. The van der Waals surface area contributed by atoms with Crippen LogP contribution >= 0.6 is 11.3 Å². The third-order valence-corrected chi connectivity index (χ3v) is 6.65. The van der Waals surface area contributed by atoms with Crippen molar-refractivity contribution >= 4 is 33.0 Å². The van der Waals surface area contributed by atoms with Crippen LogP contribution in [0.4, 0.5) is 5.69 Å². The molecule has 0 bridgehead atoms. The van der Waals surface area contributed by atoms with Gasteiger partial charge in [-0.25, -0.2) is 13.4 Å². The first kappa shape index (κ1) is 16.9. The van der Waals surface area contributed by atoms with Crippen LogP contribution < -0.4 is 10.5 Å². The Bertz CT molecular complexity index is 859. The fourth-order valence-corrected chi connectivity index (χ4v) is 4.59. The standard InChI is InChI=1S/C15H17N3O4S2/c16-12(15(19)20)7-9-2-1-3-11(6-9)18-24(21,22)13-8-17-14(23-13)10-4-5-10/h1-3,6,8,10,12,18H,4-5,7,16H2,(H,19,20)/t12-/m0/s1. The Kier molecular flexibility index (Phi) is 4.57. The molecule has 0 spiro atoms. The number of benzene rings is 1. The number of rotatable bonds is 7. The fraction of sp³-hybridized carbons (Fsp3) is 0.333. The van der Waals surface area contributed by atoms with Crippen LogP contribution in [-0.4, -0.2) is 30.5 Å². The summed E-state index contributed by atoms with van der Waals surface area (Å²) in [6, 6.07) is 5.53. The average molecular weight is 367 g/mol. The number of carbonyl (C=O) groups is 1. The lowest BCUT2D eigenvalue weighted by Crippen LogP contribution is -2.32. The summed E-state index contributed by atoms with van der Waals surface area (Å²) in [5.41, 5.74) is 6.52. The van der Waals surface area contributed by atoms with Gasteiger partial charge in [0.05, 0.1) is 11.2 Å². The van der Waals surface area contributed by atoms with Gasteiger partial charge >= 0.3 is 5.97 Å². The van der Waals surface area contributed by atoms with E-state index in [2.05, 4.69) is 9.71 Å². The quantitative estimate of drug-likeness (QED) is 0.685. The lowest BCUT2D eigenvalue weighted by Gasteiger charge is -2.10. The highest BCUT2D eigenvalue weighted by Crippen LogP contribution is 2.42. The van der Waals surface area contributed by atoms with E-state index in [1.165, 1.54) is 17.5 Å². The molecule has 128 valence electrons. The summed E-state index contributed by atoms with van der Waals surface area (Å²) in [6.45, 7) is 0. The molecule has 3 rings (SSSR count). The molecule has 1 fully saturated rings. The van der Waals surface area contributed by atoms with E-state index in [1.807, 2.05) is 0 Å². The molecule has 9 heteroatoms. The second kappa shape index (κ2) is 6.50. The van der Waals surface area contributed by atoms with Crippen molar-refractivity contribution in [2.24, 2.45) is 5.73 Å².